The predicted molar refractivity (Wildman–Crippen MR) is 99.2 cm³/mol. The van der Waals surface area contributed by atoms with Crippen LogP contribution in [0.3, 0.4) is 0 Å². The maximum Gasteiger partial charge on any atom is 0.244 e. The summed E-state index contributed by atoms with van der Waals surface area (Å²) < 4.78 is 5.13. The van der Waals surface area contributed by atoms with Crippen molar-refractivity contribution >= 4 is 58.1 Å². The van der Waals surface area contributed by atoms with Gasteiger partial charge in [0.25, 0.3) is 0 Å². The second kappa shape index (κ2) is 8.21. The Bertz CT molecular complexity index is 690. The van der Waals surface area contributed by atoms with Gasteiger partial charge in [0.1, 0.15) is 5.75 Å². The van der Waals surface area contributed by atoms with Gasteiger partial charge in [0.15, 0.2) is 5.13 Å². The third kappa shape index (κ3) is 4.30. The quantitative estimate of drug-likeness (QED) is 0.834. The van der Waals surface area contributed by atoms with Crippen molar-refractivity contribution in [3.63, 3.8) is 0 Å². The Morgan fingerprint density at radius 2 is 2.35 bits per heavy atom. The number of nitrogens with zero attached hydrogens (tertiary/aromatic N) is 1. The molecular formula is C14H15Cl2N3O2S2. The van der Waals surface area contributed by atoms with Crippen LogP contribution in [0, 0.1) is 0 Å². The largest absolute Gasteiger partial charge is 0.495 e. The molecule has 3 rings (SSSR count). The number of rotatable bonds is 4. The summed E-state index contributed by atoms with van der Waals surface area (Å²) in [7, 11) is 1.58. The first kappa shape index (κ1) is 18.4. The number of thiazole rings is 1. The van der Waals surface area contributed by atoms with Gasteiger partial charge in [0, 0.05) is 22.6 Å². The van der Waals surface area contributed by atoms with Gasteiger partial charge in [-0.05, 0) is 18.2 Å². The van der Waals surface area contributed by atoms with Crippen LogP contribution in [0.25, 0.3) is 11.3 Å². The van der Waals surface area contributed by atoms with Gasteiger partial charge in [-0.25, -0.2) is 4.98 Å². The molecule has 1 atom stereocenters. The summed E-state index contributed by atoms with van der Waals surface area (Å²) >= 11 is 9.24. The molecule has 1 aromatic heterocycles. The van der Waals surface area contributed by atoms with Crippen molar-refractivity contribution in [2.24, 2.45) is 0 Å². The Morgan fingerprint density at radius 1 is 1.52 bits per heavy atom. The fraction of sp³-hybridized carbons (Fsp3) is 0.286. The molecule has 0 bridgehead atoms. The van der Waals surface area contributed by atoms with E-state index in [9.17, 15) is 4.79 Å². The molecule has 1 unspecified atom stereocenters. The molecule has 2 N–H and O–H groups in total. The lowest BCUT2D eigenvalue weighted by Crippen LogP contribution is -2.37. The zero-order valence-corrected chi connectivity index (χ0v) is 15.4. The molecule has 1 aromatic carbocycles. The number of hydrogen-bond acceptors (Lipinski definition) is 6. The lowest BCUT2D eigenvalue weighted by atomic mass is 10.2. The minimum atomic E-state index is -0.146. The second-order valence-electron chi connectivity index (χ2n) is 4.65. The molecule has 124 valence electrons. The van der Waals surface area contributed by atoms with Crippen molar-refractivity contribution in [2.75, 3.05) is 24.1 Å². The van der Waals surface area contributed by atoms with Gasteiger partial charge in [-0.3, -0.25) is 10.1 Å². The molecular weight excluding hydrogens is 377 g/mol. The number of methoxy groups -OCH3 is 1. The molecule has 9 heteroatoms. The number of hydrogen-bond donors (Lipinski definition) is 2. The molecule has 1 aliphatic heterocycles. The number of halogens is 2. The van der Waals surface area contributed by atoms with E-state index in [-0.39, 0.29) is 24.4 Å². The van der Waals surface area contributed by atoms with E-state index in [4.69, 9.17) is 16.3 Å². The molecule has 2 aromatic rings. The highest BCUT2D eigenvalue weighted by Gasteiger charge is 2.23. The Labute approximate surface area is 153 Å². The summed E-state index contributed by atoms with van der Waals surface area (Å²) in [5.41, 5.74) is 1.66. The summed E-state index contributed by atoms with van der Waals surface area (Å²) in [4.78, 5) is 16.5. The lowest BCUT2D eigenvalue weighted by molar-refractivity contribution is -0.117. The number of carbonyl (C=O) groups excluding carboxylic acids is 1. The molecule has 1 amide bonds. The van der Waals surface area contributed by atoms with Gasteiger partial charge in [0.2, 0.25) is 5.91 Å². The van der Waals surface area contributed by atoms with E-state index in [2.05, 4.69) is 15.6 Å². The summed E-state index contributed by atoms with van der Waals surface area (Å²) in [5, 5.41) is 8.99. The predicted octanol–water partition coefficient (Wildman–Crippen LogP) is 3.49. The SMILES string of the molecule is COc1ccc(-c2csc(NC(=O)C3CSCN3)n2)cc1Cl.Cl. The first-order chi connectivity index (χ1) is 10.7. The molecule has 0 saturated carbocycles. The Morgan fingerprint density at radius 3 is 3.00 bits per heavy atom. The highest BCUT2D eigenvalue weighted by atomic mass is 35.5. The Balaban J connectivity index is 0.00000192. The first-order valence-electron chi connectivity index (χ1n) is 6.59. The maximum atomic E-state index is 12.0. The monoisotopic (exact) mass is 391 g/mol. The third-order valence-electron chi connectivity index (χ3n) is 3.21. The van der Waals surface area contributed by atoms with E-state index >= 15 is 0 Å². The number of amides is 1. The molecule has 1 aliphatic rings. The summed E-state index contributed by atoms with van der Waals surface area (Å²) in [6, 6.07) is 5.35. The minimum Gasteiger partial charge on any atom is -0.495 e. The smallest absolute Gasteiger partial charge is 0.244 e. The van der Waals surface area contributed by atoms with Gasteiger partial charge in [-0.2, -0.15) is 0 Å². The average Bonchev–Trinajstić information content (AvgIpc) is 3.18. The maximum absolute atomic E-state index is 12.0. The number of aromatic nitrogens is 1. The van der Waals surface area contributed by atoms with Crippen LogP contribution in [0.5, 0.6) is 5.75 Å². The van der Waals surface area contributed by atoms with E-state index in [1.165, 1.54) is 11.3 Å². The van der Waals surface area contributed by atoms with Crippen LogP contribution in [-0.2, 0) is 4.79 Å². The summed E-state index contributed by atoms with van der Waals surface area (Å²) in [5.74, 6) is 2.18. The highest BCUT2D eigenvalue weighted by molar-refractivity contribution is 7.99. The summed E-state index contributed by atoms with van der Waals surface area (Å²) in [6.45, 7) is 0. The van der Waals surface area contributed by atoms with E-state index < -0.39 is 0 Å². The molecule has 1 fully saturated rings. The van der Waals surface area contributed by atoms with Crippen molar-refractivity contribution in [3.05, 3.63) is 28.6 Å². The molecule has 0 aliphatic carbocycles. The molecule has 0 spiro atoms. The van der Waals surface area contributed by atoms with E-state index in [0.717, 1.165) is 22.9 Å². The summed E-state index contributed by atoms with van der Waals surface area (Å²) in [6.07, 6.45) is 0. The fourth-order valence-electron chi connectivity index (χ4n) is 2.05. The second-order valence-corrected chi connectivity index (χ2v) is 6.94. The van der Waals surface area contributed by atoms with Crippen molar-refractivity contribution < 1.29 is 9.53 Å². The van der Waals surface area contributed by atoms with Crippen LogP contribution in [-0.4, -0.2) is 35.7 Å². The van der Waals surface area contributed by atoms with Gasteiger partial charge in [-0.1, -0.05) is 11.6 Å². The number of nitrogens with one attached hydrogen (secondary N) is 2. The van der Waals surface area contributed by atoms with Crippen LogP contribution in [0.4, 0.5) is 5.13 Å². The van der Waals surface area contributed by atoms with Gasteiger partial charge in [0.05, 0.1) is 23.9 Å². The first-order valence-corrected chi connectivity index (χ1v) is 9.00. The van der Waals surface area contributed by atoms with Crippen molar-refractivity contribution in [2.45, 2.75) is 6.04 Å². The van der Waals surface area contributed by atoms with Crippen LogP contribution >= 0.6 is 47.1 Å². The van der Waals surface area contributed by atoms with Crippen LogP contribution < -0.4 is 15.4 Å². The number of benzene rings is 1. The zero-order valence-electron chi connectivity index (χ0n) is 12.2. The van der Waals surface area contributed by atoms with Crippen molar-refractivity contribution in [1.29, 1.82) is 0 Å². The van der Waals surface area contributed by atoms with Gasteiger partial charge >= 0.3 is 0 Å². The number of carbonyl (C=O) groups is 1. The molecule has 5 nitrogen and oxygen atoms in total. The number of thioether (sulfide) groups is 1. The number of anilines is 1. The minimum absolute atomic E-state index is 0. The topological polar surface area (TPSA) is 63.2 Å². The van der Waals surface area contributed by atoms with Crippen molar-refractivity contribution in [1.82, 2.24) is 10.3 Å². The normalized spacial score (nSPS) is 16.7. The molecule has 1 saturated heterocycles. The standard InChI is InChI=1S/C14H14ClN3O2S2.ClH/c1-20-12-3-2-8(4-9(12)15)10-6-22-14(17-10)18-13(19)11-5-21-7-16-11;/h2-4,6,11,16H,5,7H2,1H3,(H,17,18,19);1H. The molecule has 2 heterocycles. The average molecular weight is 392 g/mol. The van der Waals surface area contributed by atoms with Crippen LogP contribution in [0.2, 0.25) is 5.02 Å². The number of ether oxygens (including phenoxy) is 1. The highest BCUT2D eigenvalue weighted by Crippen LogP contribution is 2.31. The van der Waals surface area contributed by atoms with Crippen LogP contribution in [0.15, 0.2) is 23.6 Å². The van der Waals surface area contributed by atoms with E-state index in [0.29, 0.717) is 15.9 Å². The lowest BCUT2D eigenvalue weighted by Gasteiger charge is -2.07. The van der Waals surface area contributed by atoms with E-state index in [1.807, 2.05) is 11.4 Å². The molecule has 0 radical (unpaired) electrons. The van der Waals surface area contributed by atoms with Crippen LogP contribution in [0.1, 0.15) is 0 Å². The van der Waals surface area contributed by atoms with E-state index in [1.54, 1.807) is 31.0 Å². The Hall–Kier alpha value is -0.990. The molecule has 23 heavy (non-hydrogen) atoms. The fourth-order valence-corrected chi connectivity index (χ4v) is 3.97. The van der Waals surface area contributed by atoms with Gasteiger partial charge in [-0.15, -0.1) is 35.5 Å². The third-order valence-corrected chi connectivity index (χ3v) is 5.21. The Kier molecular flexibility index (Phi) is 6.55. The zero-order chi connectivity index (χ0) is 15.5. The van der Waals surface area contributed by atoms with Gasteiger partial charge < -0.3 is 10.1 Å². The van der Waals surface area contributed by atoms with Crippen molar-refractivity contribution in [3.8, 4) is 17.0 Å².